The monoisotopic (exact) mass is 274 g/mol. The van der Waals surface area contributed by atoms with Crippen molar-refractivity contribution in [2.75, 3.05) is 0 Å². The Labute approximate surface area is 120 Å². The lowest BCUT2D eigenvalue weighted by molar-refractivity contribution is -0.156. The standard InChI is InChI=1S/C17H22O3/c1-4-9-15(5-2)20-17(19)16(18)13(3)12-14-10-7-6-8-11-14/h6-8,10-12,15H,4-5,9H2,1-3H3. The van der Waals surface area contributed by atoms with Crippen molar-refractivity contribution in [3.63, 3.8) is 0 Å². The lowest BCUT2D eigenvalue weighted by Gasteiger charge is -2.14. The topological polar surface area (TPSA) is 43.4 Å². The van der Waals surface area contributed by atoms with Crippen molar-refractivity contribution in [3.8, 4) is 0 Å². The molecule has 0 N–H and O–H groups in total. The summed E-state index contributed by atoms with van der Waals surface area (Å²) in [5.41, 5.74) is 1.29. The van der Waals surface area contributed by atoms with Crippen LogP contribution in [0.25, 0.3) is 6.08 Å². The van der Waals surface area contributed by atoms with Crippen molar-refractivity contribution in [2.45, 2.75) is 46.1 Å². The van der Waals surface area contributed by atoms with Gasteiger partial charge in [0.1, 0.15) is 6.10 Å². The molecule has 3 heteroatoms. The quantitative estimate of drug-likeness (QED) is 0.432. The van der Waals surface area contributed by atoms with Gasteiger partial charge in [-0.05, 0) is 31.4 Å². The van der Waals surface area contributed by atoms with Gasteiger partial charge < -0.3 is 4.74 Å². The minimum atomic E-state index is -0.755. The highest BCUT2D eigenvalue weighted by Crippen LogP contribution is 2.11. The third-order valence-corrected chi connectivity index (χ3v) is 3.07. The van der Waals surface area contributed by atoms with Crippen molar-refractivity contribution in [2.24, 2.45) is 0 Å². The summed E-state index contributed by atoms with van der Waals surface area (Å²) >= 11 is 0. The number of Topliss-reactive ketones (excluding diaryl/α,β-unsaturated/α-hetero) is 1. The Bertz CT molecular complexity index is 474. The second-order valence-corrected chi connectivity index (χ2v) is 4.79. The minimum absolute atomic E-state index is 0.166. The van der Waals surface area contributed by atoms with Crippen LogP contribution < -0.4 is 0 Å². The molecule has 0 amide bonds. The summed E-state index contributed by atoms with van der Waals surface area (Å²) in [5.74, 6) is -1.32. The van der Waals surface area contributed by atoms with E-state index >= 15 is 0 Å². The fourth-order valence-electron chi connectivity index (χ4n) is 1.90. The molecule has 1 aromatic rings. The molecule has 20 heavy (non-hydrogen) atoms. The zero-order valence-electron chi connectivity index (χ0n) is 12.4. The van der Waals surface area contributed by atoms with E-state index in [0.29, 0.717) is 5.57 Å². The molecule has 0 aromatic heterocycles. The number of hydrogen-bond acceptors (Lipinski definition) is 3. The van der Waals surface area contributed by atoms with Crippen LogP contribution in [0.15, 0.2) is 35.9 Å². The number of ether oxygens (including phenoxy) is 1. The number of carbonyl (C=O) groups is 2. The maximum absolute atomic E-state index is 12.0. The van der Waals surface area contributed by atoms with E-state index in [1.165, 1.54) is 0 Å². The van der Waals surface area contributed by atoms with Crippen LogP contribution in [0.3, 0.4) is 0 Å². The molecule has 0 saturated carbocycles. The zero-order chi connectivity index (χ0) is 15.0. The summed E-state index contributed by atoms with van der Waals surface area (Å²) in [6, 6.07) is 9.44. The van der Waals surface area contributed by atoms with Crippen LogP contribution in [0.5, 0.6) is 0 Å². The van der Waals surface area contributed by atoms with Gasteiger partial charge in [-0.25, -0.2) is 4.79 Å². The van der Waals surface area contributed by atoms with Crippen LogP contribution in [0.1, 0.15) is 45.6 Å². The first-order valence-electron chi connectivity index (χ1n) is 7.07. The molecule has 0 radical (unpaired) electrons. The molecule has 108 valence electrons. The van der Waals surface area contributed by atoms with E-state index in [-0.39, 0.29) is 6.10 Å². The molecule has 1 aromatic carbocycles. The fourth-order valence-corrected chi connectivity index (χ4v) is 1.90. The molecule has 3 nitrogen and oxygen atoms in total. The van der Waals surface area contributed by atoms with E-state index in [1.807, 2.05) is 44.2 Å². The second kappa shape index (κ2) is 8.31. The lowest BCUT2D eigenvalue weighted by atomic mass is 10.1. The molecule has 0 spiro atoms. The van der Waals surface area contributed by atoms with Crippen LogP contribution in [-0.2, 0) is 14.3 Å². The highest BCUT2D eigenvalue weighted by atomic mass is 16.5. The molecule has 0 heterocycles. The number of rotatable bonds is 7. The SMILES string of the molecule is CCCC(CC)OC(=O)C(=O)C(C)=Cc1ccccc1. The van der Waals surface area contributed by atoms with Crippen LogP contribution in [0.2, 0.25) is 0 Å². The lowest BCUT2D eigenvalue weighted by Crippen LogP contribution is -2.24. The molecule has 1 rings (SSSR count). The van der Waals surface area contributed by atoms with Crippen molar-refractivity contribution in [3.05, 3.63) is 41.5 Å². The molecule has 0 saturated heterocycles. The summed E-state index contributed by atoms with van der Waals surface area (Å²) in [6.45, 7) is 5.61. The minimum Gasteiger partial charge on any atom is -0.456 e. The number of hydrogen-bond donors (Lipinski definition) is 0. The number of carbonyl (C=O) groups excluding carboxylic acids is 2. The summed E-state index contributed by atoms with van der Waals surface area (Å²) in [7, 11) is 0. The van der Waals surface area contributed by atoms with Gasteiger partial charge in [0.25, 0.3) is 5.78 Å². The van der Waals surface area contributed by atoms with E-state index in [0.717, 1.165) is 24.8 Å². The molecule has 0 aliphatic heterocycles. The van der Waals surface area contributed by atoms with Gasteiger partial charge in [0, 0.05) is 5.57 Å². The summed E-state index contributed by atoms with van der Waals surface area (Å²) in [5, 5.41) is 0. The van der Waals surface area contributed by atoms with Gasteiger partial charge in [0.05, 0.1) is 0 Å². The Morgan fingerprint density at radius 3 is 2.40 bits per heavy atom. The highest BCUT2D eigenvalue weighted by molar-refractivity contribution is 6.41. The van der Waals surface area contributed by atoms with Crippen LogP contribution in [-0.4, -0.2) is 17.9 Å². The first kappa shape index (κ1) is 16.2. The van der Waals surface area contributed by atoms with Gasteiger partial charge in [0.2, 0.25) is 0 Å². The van der Waals surface area contributed by atoms with Gasteiger partial charge >= 0.3 is 5.97 Å². The van der Waals surface area contributed by atoms with Gasteiger partial charge in [-0.3, -0.25) is 4.79 Å². The Balaban J connectivity index is 2.69. The number of ketones is 1. The molecule has 0 aliphatic rings. The van der Waals surface area contributed by atoms with Crippen molar-refractivity contribution in [1.82, 2.24) is 0 Å². The third kappa shape index (κ3) is 5.00. The maximum atomic E-state index is 12.0. The smallest absolute Gasteiger partial charge is 0.379 e. The molecular weight excluding hydrogens is 252 g/mol. The average molecular weight is 274 g/mol. The first-order chi connectivity index (χ1) is 9.58. The molecular formula is C17H22O3. The zero-order valence-corrected chi connectivity index (χ0v) is 12.4. The molecule has 0 bridgehead atoms. The summed E-state index contributed by atoms with van der Waals surface area (Å²) in [6.07, 6.45) is 3.98. The van der Waals surface area contributed by atoms with Crippen molar-refractivity contribution >= 4 is 17.8 Å². The van der Waals surface area contributed by atoms with E-state index in [4.69, 9.17) is 4.74 Å². The van der Waals surface area contributed by atoms with Crippen LogP contribution in [0.4, 0.5) is 0 Å². The van der Waals surface area contributed by atoms with Crippen LogP contribution >= 0.6 is 0 Å². The normalized spacial score (nSPS) is 12.8. The number of esters is 1. The van der Waals surface area contributed by atoms with Gasteiger partial charge in [-0.2, -0.15) is 0 Å². The molecule has 1 atom stereocenters. The first-order valence-corrected chi connectivity index (χ1v) is 7.07. The third-order valence-electron chi connectivity index (χ3n) is 3.07. The van der Waals surface area contributed by atoms with E-state index < -0.39 is 11.8 Å². The number of benzene rings is 1. The Hall–Kier alpha value is -1.90. The second-order valence-electron chi connectivity index (χ2n) is 4.79. The average Bonchev–Trinajstić information content (AvgIpc) is 2.46. The highest BCUT2D eigenvalue weighted by Gasteiger charge is 2.20. The van der Waals surface area contributed by atoms with E-state index in [1.54, 1.807) is 13.0 Å². The van der Waals surface area contributed by atoms with E-state index in [2.05, 4.69) is 0 Å². The molecule has 1 unspecified atom stereocenters. The maximum Gasteiger partial charge on any atom is 0.379 e. The molecule has 0 fully saturated rings. The van der Waals surface area contributed by atoms with Gasteiger partial charge in [-0.1, -0.05) is 50.6 Å². The predicted octanol–water partition coefficient (Wildman–Crippen LogP) is 3.78. The van der Waals surface area contributed by atoms with Gasteiger partial charge in [0.15, 0.2) is 0 Å². The van der Waals surface area contributed by atoms with Crippen LogP contribution in [0, 0.1) is 0 Å². The van der Waals surface area contributed by atoms with Crippen molar-refractivity contribution in [1.29, 1.82) is 0 Å². The Morgan fingerprint density at radius 2 is 1.85 bits per heavy atom. The summed E-state index contributed by atoms with van der Waals surface area (Å²) < 4.78 is 5.23. The fraction of sp³-hybridized carbons (Fsp3) is 0.412. The predicted molar refractivity (Wildman–Crippen MR) is 80.2 cm³/mol. The van der Waals surface area contributed by atoms with Gasteiger partial charge in [-0.15, -0.1) is 0 Å². The van der Waals surface area contributed by atoms with E-state index in [9.17, 15) is 9.59 Å². The van der Waals surface area contributed by atoms with Crippen molar-refractivity contribution < 1.29 is 14.3 Å². The summed E-state index contributed by atoms with van der Waals surface area (Å²) in [4.78, 5) is 23.8. The Kier molecular flexibility index (Phi) is 6.71. The largest absolute Gasteiger partial charge is 0.456 e. The molecule has 0 aliphatic carbocycles. The Morgan fingerprint density at radius 1 is 1.20 bits per heavy atom.